The zero-order valence-electron chi connectivity index (χ0n) is 13.9. The maximum atomic E-state index is 12.0. The quantitative estimate of drug-likeness (QED) is 0.733. The van der Waals surface area contributed by atoms with Crippen molar-refractivity contribution in [1.82, 2.24) is 15.3 Å². The number of hydrogen-bond acceptors (Lipinski definition) is 3. The van der Waals surface area contributed by atoms with Crippen LogP contribution in [0.4, 0.5) is 0 Å². The molecular weight excluding hydrogens is 302 g/mol. The van der Waals surface area contributed by atoms with Gasteiger partial charge in [-0.25, -0.2) is 4.98 Å². The number of nitrogens with zero attached hydrogens (tertiary/aromatic N) is 1. The predicted octanol–water partition coefficient (Wildman–Crippen LogP) is 2.78. The third-order valence-electron chi connectivity index (χ3n) is 3.92. The molecule has 124 valence electrons. The summed E-state index contributed by atoms with van der Waals surface area (Å²) in [5, 5.41) is 2.97. The van der Waals surface area contributed by atoms with Crippen LogP contribution in [0.25, 0.3) is 11.0 Å². The van der Waals surface area contributed by atoms with Crippen LogP contribution in [0.1, 0.15) is 17.0 Å². The van der Waals surface area contributed by atoms with Gasteiger partial charge in [0.15, 0.2) is 0 Å². The SMILES string of the molecule is COc1ccc(CC(=O)NCCc2ccc3nc(C)[nH]c3c2)cc1. The van der Waals surface area contributed by atoms with Crippen molar-refractivity contribution in [1.29, 1.82) is 0 Å². The van der Waals surface area contributed by atoms with Gasteiger partial charge in [-0.15, -0.1) is 0 Å². The van der Waals surface area contributed by atoms with Crippen molar-refractivity contribution in [3.8, 4) is 5.75 Å². The Kier molecular flexibility index (Phi) is 4.79. The van der Waals surface area contributed by atoms with E-state index in [1.807, 2.05) is 37.3 Å². The molecule has 0 atom stereocenters. The number of methoxy groups -OCH3 is 1. The molecule has 0 aliphatic heterocycles. The largest absolute Gasteiger partial charge is 0.497 e. The molecule has 0 bridgehead atoms. The van der Waals surface area contributed by atoms with E-state index in [0.29, 0.717) is 13.0 Å². The Balaban J connectivity index is 1.50. The molecule has 1 aromatic heterocycles. The summed E-state index contributed by atoms with van der Waals surface area (Å²) in [4.78, 5) is 19.6. The van der Waals surface area contributed by atoms with E-state index in [4.69, 9.17) is 4.74 Å². The summed E-state index contributed by atoms with van der Waals surface area (Å²) in [7, 11) is 1.63. The van der Waals surface area contributed by atoms with Crippen LogP contribution in [-0.4, -0.2) is 29.5 Å². The highest BCUT2D eigenvalue weighted by molar-refractivity contribution is 5.78. The zero-order chi connectivity index (χ0) is 16.9. The number of imidazole rings is 1. The van der Waals surface area contributed by atoms with Gasteiger partial charge in [0.05, 0.1) is 24.6 Å². The van der Waals surface area contributed by atoms with E-state index in [1.54, 1.807) is 7.11 Å². The van der Waals surface area contributed by atoms with Gasteiger partial charge in [-0.3, -0.25) is 4.79 Å². The maximum Gasteiger partial charge on any atom is 0.224 e. The van der Waals surface area contributed by atoms with Gasteiger partial charge in [-0.05, 0) is 48.7 Å². The zero-order valence-corrected chi connectivity index (χ0v) is 13.9. The molecule has 5 nitrogen and oxygen atoms in total. The fourth-order valence-corrected chi connectivity index (χ4v) is 2.68. The van der Waals surface area contributed by atoms with Crippen molar-refractivity contribution in [3.63, 3.8) is 0 Å². The van der Waals surface area contributed by atoms with Crippen LogP contribution in [0.5, 0.6) is 5.75 Å². The standard InChI is InChI=1S/C19H21N3O2/c1-13-21-17-8-5-15(11-18(17)22-13)9-10-20-19(23)12-14-3-6-16(24-2)7-4-14/h3-8,11H,9-10,12H2,1-2H3,(H,20,23)(H,21,22). The van der Waals surface area contributed by atoms with Crippen molar-refractivity contribution in [2.45, 2.75) is 19.8 Å². The van der Waals surface area contributed by atoms with Gasteiger partial charge in [-0.2, -0.15) is 0 Å². The van der Waals surface area contributed by atoms with Gasteiger partial charge in [0, 0.05) is 6.54 Å². The van der Waals surface area contributed by atoms with Crippen LogP contribution in [0.3, 0.4) is 0 Å². The fraction of sp³-hybridized carbons (Fsp3) is 0.263. The number of H-pyrrole nitrogens is 1. The molecule has 0 aliphatic rings. The third-order valence-corrected chi connectivity index (χ3v) is 3.92. The lowest BCUT2D eigenvalue weighted by Gasteiger charge is -2.06. The molecule has 0 saturated heterocycles. The van der Waals surface area contributed by atoms with Crippen molar-refractivity contribution < 1.29 is 9.53 Å². The molecule has 0 aliphatic carbocycles. The minimum atomic E-state index is 0.0265. The van der Waals surface area contributed by atoms with E-state index in [9.17, 15) is 4.79 Å². The number of rotatable bonds is 6. The Bertz CT molecular complexity index is 837. The van der Waals surface area contributed by atoms with Crippen molar-refractivity contribution in [2.24, 2.45) is 0 Å². The molecule has 24 heavy (non-hydrogen) atoms. The molecule has 0 unspecified atom stereocenters. The summed E-state index contributed by atoms with van der Waals surface area (Å²) in [5.41, 5.74) is 4.16. The molecule has 3 rings (SSSR count). The number of nitrogens with one attached hydrogen (secondary N) is 2. The number of carbonyl (C=O) groups is 1. The summed E-state index contributed by atoms with van der Waals surface area (Å²) in [6, 6.07) is 13.7. The van der Waals surface area contributed by atoms with Gasteiger partial charge in [-0.1, -0.05) is 18.2 Å². The van der Waals surface area contributed by atoms with Gasteiger partial charge >= 0.3 is 0 Å². The Labute approximate surface area is 141 Å². The lowest BCUT2D eigenvalue weighted by Crippen LogP contribution is -2.27. The second-order valence-electron chi connectivity index (χ2n) is 5.80. The van der Waals surface area contributed by atoms with Crippen LogP contribution in [0, 0.1) is 6.92 Å². The van der Waals surface area contributed by atoms with Crippen LogP contribution in [0.2, 0.25) is 0 Å². The number of benzene rings is 2. The summed E-state index contributed by atoms with van der Waals surface area (Å²) in [6.07, 6.45) is 1.17. The predicted molar refractivity (Wildman–Crippen MR) is 94.2 cm³/mol. The van der Waals surface area contributed by atoms with Crippen LogP contribution >= 0.6 is 0 Å². The summed E-state index contributed by atoms with van der Waals surface area (Å²) < 4.78 is 5.11. The van der Waals surface area contributed by atoms with E-state index in [2.05, 4.69) is 27.4 Å². The van der Waals surface area contributed by atoms with E-state index < -0.39 is 0 Å². The highest BCUT2D eigenvalue weighted by Gasteiger charge is 2.05. The van der Waals surface area contributed by atoms with Crippen LogP contribution in [-0.2, 0) is 17.6 Å². The number of aromatic nitrogens is 2. The van der Waals surface area contributed by atoms with Gasteiger partial charge in [0.25, 0.3) is 0 Å². The first kappa shape index (κ1) is 16.1. The van der Waals surface area contributed by atoms with Crippen molar-refractivity contribution in [3.05, 3.63) is 59.4 Å². The maximum absolute atomic E-state index is 12.0. The molecule has 0 saturated carbocycles. The minimum absolute atomic E-state index is 0.0265. The molecule has 2 aromatic carbocycles. The highest BCUT2D eigenvalue weighted by Crippen LogP contribution is 2.14. The molecule has 2 N–H and O–H groups in total. The first-order chi connectivity index (χ1) is 11.6. The molecule has 0 spiro atoms. The van der Waals surface area contributed by atoms with E-state index in [1.165, 1.54) is 5.56 Å². The van der Waals surface area contributed by atoms with E-state index in [-0.39, 0.29) is 5.91 Å². The molecular formula is C19H21N3O2. The van der Waals surface area contributed by atoms with Crippen LogP contribution in [0.15, 0.2) is 42.5 Å². The molecule has 0 fully saturated rings. The number of aryl methyl sites for hydroxylation is 1. The smallest absolute Gasteiger partial charge is 0.224 e. The number of aromatic amines is 1. The number of amides is 1. The summed E-state index contributed by atoms with van der Waals surface area (Å²) in [5.74, 6) is 1.73. The summed E-state index contributed by atoms with van der Waals surface area (Å²) >= 11 is 0. The van der Waals surface area contributed by atoms with Gasteiger partial charge in [0.2, 0.25) is 5.91 Å². The first-order valence-electron chi connectivity index (χ1n) is 7.99. The Morgan fingerprint density at radius 2 is 1.92 bits per heavy atom. The van der Waals surface area contributed by atoms with Crippen molar-refractivity contribution >= 4 is 16.9 Å². The third kappa shape index (κ3) is 3.93. The second kappa shape index (κ2) is 7.17. The fourth-order valence-electron chi connectivity index (χ4n) is 2.68. The number of ether oxygens (including phenoxy) is 1. The number of fused-ring (bicyclic) bond motifs is 1. The van der Waals surface area contributed by atoms with Crippen molar-refractivity contribution in [2.75, 3.05) is 13.7 Å². The van der Waals surface area contributed by atoms with Gasteiger partial charge < -0.3 is 15.0 Å². The normalized spacial score (nSPS) is 10.8. The second-order valence-corrected chi connectivity index (χ2v) is 5.80. The Hall–Kier alpha value is -2.82. The van der Waals surface area contributed by atoms with Gasteiger partial charge in [0.1, 0.15) is 11.6 Å². The Morgan fingerprint density at radius 3 is 2.67 bits per heavy atom. The monoisotopic (exact) mass is 323 g/mol. The molecule has 1 amide bonds. The molecule has 5 heteroatoms. The summed E-state index contributed by atoms with van der Waals surface area (Å²) in [6.45, 7) is 2.56. The lowest BCUT2D eigenvalue weighted by atomic mass is 10.1. The number of hydrogen-bond donors (Lipinski definition) is 2. The topological polar surface area (TPSA) is 67.0 Å². The lowest BCUT2D eigenvalue weighted by molar-refractivity contribution is -0.120. The number of carbonyl (C=O) groups excluding carboxylic acids is 1. The Morgan fingerprint density at radius 1 is 1.17 bits per heavy atom. The average Bonchev–Trinajstić information content (AvgIpc) is 2.95. The minimum Gasteiger partial charge on any atom is -0.497 e. The van der Waals surface area contributed by atoms with Crippen LogP contribution < -0.4 is 10.1 Å². The highest BCUT2D eigenvalue weighted by atomic mass is 16.5. The average molecular weight is 323 g/mol. The van der Waals surface area contributed by atoms with E-state index in [0.717, 1.165) is 34.6 Å². The molecule has 3 aromatic rings. The molecule has 1 heterocycles. The molecule has 0 radical (unpaired) electrons. The van der Waals surface area contributed by atoms with E-state index >= 15 is 0 Å². The first-order valence-corrected chi connectivity index (χ1v) is 7.99.